The fourth-order valence-corrected chi connectivity index (χ4v) is 2.75. The van der Waals surface area contributed by atoms with Gasteiger partial charge in [0, 0.05) is 19.9 Å². The highest BCUT2D eigenvalue weighted by Gasteiger charge is 2.33. The molecule has 23 heavy (non-hydrogen) atoms. The highest BCUT2D eigenvalue weighted by Crippen LogP contribution is 2.26. The standard InChI is InChI=1S/C17H18N4O2/c1-22-16-8-14(12-23-15-5-3-7-19-10-15)21(11-16)17-6-2-4-13(9-18)20-17/h2-7,10,14,16H,8,11-12H2,1H3/t14-,16+/m0/s1. The van der Waals surface area contributed by atoms with Gasteiger partial charge in [-0.1, -0.05) is 6.07 Å². The number of hydrogen-bond acceptors (Lipinski definition) is 6. The Kier molecular flexibility index (Phi) is 4.69. The quantitative estimate of drug-likeness (QED) is 0.841. The summed E-state index contributed by atoms with van der Waals surface area (Å²) in [4.78, 5) is 10.6. The molecule has 1 aliphatic rings. The number of nitrogens with zero attached hydrogens (tertiary/aromatic N) is 4. The van der Waals surface area contributed by atoms with Crippen molar-refractivity contribution in [2.24, 2.45) is 0 Å². The van der Waals surface area contributed by atoms with E-state index in [0.717, 1.165) is 24.5 Å². The summed E-state index contributed by atoms with van der Waals surface area (Å²) in [7, 11) is 1.71. The van der Waals surface area contributed by atoms with Crippen LogP contribution in [0.2, 0.25) is 0 Å². The molecular weight excluding hydrogens is 292 g/mol. The number of aromatic nitrogens is 2. The van der Waals surface area contributed by atoms with Crippen LogP contribution in [0.25, 0.3) is 0 Å². The van der Waals surface area contributed by atoms with E-state index in [1.807, 2.05) is 24.3 Å². The second kappa shape index (κ2) is 7.07. The van der Waals surface area contributed by atoms with E-state index in [9.17, 15) is 0 Å². The van der Waals surface area contributed by atoms with Crippen molar-refractivity contribution in [2.45, 2.75) is 18.6 Å². The lowest BCUT2D eigenvalue weighted by Crippen LogP contribution is -2.35. The highest BCUT2D eigenvalue weighted by molar-refractivity contribution is 5.44. The maximum atomic E-state index is 9.03. The fraction of sp³-hybridized carbons (Fsp3) is 0.353. The molecule has 0 bridgehead atoms. The Morgan fingerprint density at radius 3 is 3.00 bits per heavy atom. The molecule has 2 aromatic heterocycles. The number of nitriles is 1. The van der Waals surface area contributed by atoms with Crippen LogP contribution in [0.3, 0.4) is 0 Å². The molecule has 1 saturated heterocycles. The molecule has 1 fully saturated rings. The van der Waals surface area contributed by atoms with Crippen LogP contribution in [0.5, 0.6) is 5.75 Å². The van der Waals surface area contributed by atoms with Gasteiger partial charge in [-0.25, -0.2) is 4.98 Å². The molecule has 1 aliphatic heterocycles. The Hall–Kier alpha value is -2.65. The minimum Gasteiger partial charge on any atom is -0.490 e. The van der Waals surface area contributed by atoms with Crippen molar-refractivity contribution in [1.29, 1.82) is 5.26 Å². The second-order valence-corrected chi connectivity index (χ2v) is 5.39. The van der Waals surface area contributed by atoms with Gasteiger partial charge in [-0.05, 0) is 30.7 Å². The van der Waals surface area contributed by atoms with Crippen LogP contribution in [0.15, 0.2) is 42.7 Å². The fourth-order valence-electron chi connectivity index (χ4n) is 2.75. The van der Waals surface area contributed by atoms with E-state index in [-0.39, 0.29) is 12.1 Å². The second-order valence-electron chi connectivity index (χ2n) is 5.39. The summed E-state index contributed by atoms with van der Waals surface area (Å²) in [6.45, 7) is 1.25. The monoisotopic (exact) mass is 310 g/mol. The van der Waals surface area contributed by atoms with Crippen molar-refractivity contribution in [3.8, 4) is 11.8 Å². The van der Waals surface area contributed by atoms with E-state index in [1.165, 1.54) is 0 Å². The van der Waals surface area contributed by atoms with E-state index >= 15 is 0 Å². The predicted octanol–water partition coefficient (Wildman–Crippen LogP) is 2.02. The Labute approximate surface area is 135 Å². The van der Waals surface area contributed by atoms with Crippen molar-refractivity contribution < 1.29 is 9.47 Å². The molecule has 0 radical (unpaired) electrons. The first kappa shape index (κ1) is 15.3. The molecule has 0 saturated carbocycles. The van der Waals surface area contributed by atoms with E-state index in [4.69, 9.17) is 14.7 Å². The molecule has 0 aliphatic carbocycles. The molecule has 0 aromatic carbocycles. The van der Waals surface area contributed by atoms with Gasteiger partial charge < -0.3 is 14.4 Å². The van der Waals surface area contributed by atoms with Crippen LogP contribution in [-0.4, -0.2) is 42.4 Å². The van der Waals surface area contributed by atoms with Gasteiger partial charge in [0.25, 0.3) is 0 Å². The first-order valence-corrected chi connectivity index (χ1v) is 7.49. The van der Waals surface area contributed by atoms with E-state index in [2.05, 4.69) is 20.9 Å². The number of anilines is 1. The summed E-state index contributed by atoms with van der Waals surface area (Å²) in [5.74, 6) is 1.52. The first-order chi connectivity index (χ1) is 11.3. The molecular formula is C17H18N4O2. The average Bonchev–Trinajstić information content (AvgIpc) is 3.04. The lowest BCUT2D eigenvalue weighted by molar-refractivity contribution is 0.115. The zero-order valence-electron chi connectivity index (χ0n) is 12.9. The third kappa shape index (κ3) is 3.58. The number of ether oxygens (including phenoxy) is 2. The molecule has 3 heterocycles. The third-order valence-corrected chi connectivity index (χ3v) is 3.93. The number of methoxy groups -OCH3 is 1. The normalized spacial score (nSPS) is 20.3. The van der Waals surface area contributed by atoms with Gasteiger partial charge in [-0.15, -0.1) is 0 Å². The molecule has 3 rings (SSSR count). The van der Waals surface area contributed by atoms with Gasteiger partial charge in [-0.3, -0.25) is 4.98 Å². The van der Waals surface area contributed by atoms with Gasteiger partial charge >= 0.3 is 0 Å². The number of rotatable bonds is 5. The Morgan fingerprint density at radius 1 is 1.35 bits per heavy atom. The van der Waals surface area contributed by atoms with Crippen LogP contribution < -0.4 is 9.64 Å². The van der Waals surface area contributed by atoms with Crippen molar-refractivity contribution in [3.63, 3.8) is 0 Å². The predicted molar refractivity (Wildman–Crippen MR) is 85.2 cm³/mol. The van der Waals surface area contributed by atoms with E-state index < -0.39 is 0 Å². The summed E-state index contributed by atoms with van der Waals surface area (Å²) in [5.41, 5.74) is 0.412. The molecule has 2 aromatic rings. The molecule has 118 valence electrons. The smallest absolute Gasteiger partial charge is 0.142 e. The van der Waals surface area contributed by atoms with Crippen molar-refractivity contribution >= 4 is 5.82 Å². The first-order valence-electron chi connectivity index (χ1n) is 7.49. The Morgan fingerprint density at radius 2 is 2.26 bits per heavy atom. The van der Waals surface area contributed by atoms with Crippen LogP contribution >= 0.6 is 0 Å². The van der Waals surface area contributed by atoms with Crippen LogP contribution in [0.1, 0.15) is 12.1 Å². The SMILES string of the molecule is CO[C@@H]1C[C@@H](COc2cccnc2)N(c2cccc(C#N)n2)C1. The number of pyridine rings is 2. The van der Waals surface area contributed by atoms with Crippen molar-refractivity contribution in [3.05, 3.63) is 48.4 Å². The third-order valence-electron chi connectivity index (χ3n) is 3.93. The molecule has 2 atom stereocenters. The van der Waals surface area contributed by atoms with Crippen LogP contribution in [-0.2, 0) is 4.74 Å². The zero-order valence-corrected chi connectivity index (χ0v) is 12.9. The summed E-state index contributed by atoms with van der Waals surface area (Å²) < 4.78 is 11.3. The minimum absolute atomic E-state index is 0.130. The van der Waals surface area contributed by atoms with Gasteiger partial charge in [0.1, 0.15) is 29.9 Å². The zero-order chi connectivity index (χ0) is 16.1. The molecule has 0 unspecified atom stereocenters. The topological polar surface area (TPSA) is 71.3 Å². The minimum atomic E-state index is 0.130. The Balaban J connectivity index is 1.75. The van der Waals surface area contributed by atoms with Crippen LogP contribution in [0.4, 0.5) is 5.82 Å². The maximum absolute atomic E-state index is 9.03. The molecule has 6 heteroatoms. The highest BCUT2D eigenvalue weighted by atomic mass is 16.5. The van der Waals surface area contributed by atoms with Gasteiger partial charge in [0.15, 0.2) is 0 Å². The van der Waals surface area contributed by atoms with Crippen LogP contribution in [0, 0.1) is 11.3 Å². The molecule has 0 N–H and O–H groups in total. The molecule has 6 nitrogen and oxygen atoms in total. The lowest BCUT2D eigenvalue weighted by Gasteiger charge is -2.25. The van der Waals surface area contributed by atoms with Gasteiger partial charge in [0.2, 0.25) is 0 Å². The van der Waals surface area contributed by atoms with Crippen molar-refractivity contribution in [1.82, 2.24) is 9.97 Å². The molecule has 0 spiro atoms. The molecule has 0 amide bonds. The summed E-state index contributed by atoms with van der Waals surface area (Å²) in [5, 5.41) is 9.03. The van der Waals surface area contributed by atoms with Gasteiger partial charge in [-0.2, -0.15) is 5.26 Å². The number of hydrogen-bond donors (Lipinski definition) is 0. The van der Waals surface area contributed by atoms with Gasteiger partial charge in [0.05, 0.1) is 18.3 Å². The summed E-state index contributed by atoms with van der Waals surface area (Å²) in [6, 6.07) is 11.4. The maximum Gasteiger partial charge on any atom is 0.142 e. The average molecular weight is 310 g/mol. The summed E-state index contributed by atoms with van der Waals surface area (Å²) in [6.07, 6.45) is 4.40. The van der Waals surface area contributed by atoms with E-state index in [0.29, 0.717) is 12.3 Å². The Bertz CT molecular complexity index is 686. The lowest BCUT2D eigenvalue weighted by atomic mass is 10.2. The van der Waals surface area contributed by atoms with Crippen molar-refractivity contribution in [2.75, 3.05) is 25.2 Å². The summed E-state index contributed by atoms with van der Waals surface area (Å²) >= 11 is 0. The largest absolute Gasteiger partial charge is 0.490 e. The van der Waals surface area contributed by atoms with E-state index in [1.54, 1.807) is 25.6 Å².